The first kappa shape index (κ1) is 6.46. The van der Waals surface area contributed by atoms with Gasteiger partial charge in [0.25, 0.3) is 0 Å². The van der Waals surface area contributed by atoms with Gasteiger partial charge in [0.2, 0.25) is 0 Å². The SMILES string of the molecule is [2H]C([2H])CC(N)(O)c1cccc(N)c1. The van der Waals surface area contributed by atoms with Crippen LogP contribution in [0.5, 0.6) is 0 Å². The first-order valence-electron chi connectivity index (χ1n) is 4.79. The van der Waals surface area contributed by atoms with Gasteiger partial charge >= 0.3 is 0 Å². The zero-order valence-corrected chi connectivity index (χ0v) is 6.70. The van der Waals surface area contributed by atoms with Gasteiger partial charge in [0.15, 0.2) is 0 Å². The van der Waals surface area contributed by atoms with E-state index in [1.807, 2.05) is 0 Å². The second-order valence-electron chi connectivity index (χ2n) is 2.75. The molecule has 1 atom stereocenters. The third kappa shape index (κ3) is 1.75. The lowest BCUT2D eigenvalue weighted by Gasteiger charge is -2.21. The molecular formula is C9H14N2O. The molecule has 0 aliphatic heterocycles. The van der Waals surface area contributed by atoms with Crippen molar-refractivity contribution in [3.05, 3.63) is 29.8 Å². The summed E-state index contributed by atoms with van der Waals surface area (Å²) in [6, 6.07) is 6.52. The summed E-state index contributed by atoms with van der Waals surface area (Å²) in [5, 5.41) is 9.76. The number of nitrogen functional groups attached to an aromatic ring is 1. The van der Waals surface area contributed by atoms with Crippen LogP contribution in [-0.2, 0) is 5.72 Å². The Morgan fingerprint density at radius 3 is 3.00 bits per heavy atom. The highest BCUT2D eigenvalue weighted by Crippen LogP contribution is 2.20. The molecule has 0 saturated heterocycles. The fourth-order valence-corrected chi connectivity index (χ4v) is 0.926. The van der Waals surface area contributed by atoms with Gasteiger partial charge < -0.3 is 10.8 Å². The van der Waals surface area contributed by atoms with Crippen LogP contribution in [0.1, 0.15) is 21.6 Å². The minimum absolute atomic E-state index is 0.142. The molecule has 0 saturated carbocycles. The fourth-order valence-electron chi connectivity index (χ4n) is 0.926. The molecule has 3 heteroatoms. The maximum absolute atomic E-state index is 9.76. The van der Waals surface area contributed by atoms with Gasteiger partial charge in [-0.25, -0.2) is 0 Å². The number of anilines is 1. The average Bonchev–Trinajstić information content (AvgIpc) is 2.01. The van der Waals surface area contributed by atoms with Gasteiger partial charge in [0.1, 0.15) is 5.72 Å². The Labute approximate surface area is 74.8 Å². The Morgan fingerprint density at radius 2 is 2.42 bits per heavy atom. The van der Waals surface area contributed by atoms with Crippen molar-refractivity contribution in [1.82, 2.24) is 0 Å². The zero-order valence-electron chi connectivity index (χ0n) is 8.70. The smallest absolute Gasteiger partial charge is 0.139 e. The minimum atomic E-state index is -1.65. The van der Waals surface area contributed by atoms with E-state index >= 15 is 0 Å². The zero-order chi connectivity index (χ0) is 10.8. The Bertz CT molecular complexity index is 315. The van der Waals surface area contributed by atoms with Crippen molar-refractivity contribution >= 4 is 5.69 Å². The first-order valence-corrected chi connectivity index (χ1v) is 3.63. The van der Waals surface area contributed by atoms with Gasteiger partial charge in [0, 0.05) is 14.0 Å². The predicted molar refractivity (Wildman–Crippen MR) is 49.2 cm³/mol. The van der Waals surface area contributed by atoms with E-state index in [1.54, 1.807) is 24.3 Å². The fraction of sp³-hybridized carbons (Fsp3) is 0.333. The summed E-state index contributed by atoms with van der Waals surface area (Å²) >= 11 is 0. The van der Waals surface area contributed by atoms with E-state index in [0.717, 1.165) is 0 Å². The molecule has 0 spiro atoms. The molecule has 0 fully saturated rings. The van der Waals surface area contributed by atoms with Crippen molar-refractivity contribution in [2.75, 3.05) is 5.73 Å². The number of benzene rings is 1. The third-order valence-corrected chi connectivity index (χ3v) is 1.70. The lowest BCUT2D eigenvalue weighted by Crippen LogP contribution is -2.35. The third-order valence-electron chi connectivity index (χ3n) is 1.70. The standard InChI is InChI=1S/C9H14N2O/c1-2-9(11,12)7-4-3-5-8(10)6-7/h3-6,12H,2,10-11H2,1H3/i1D2. The molecule has 66 valence electrons. The quantitative estimate of drug-likeness (QED) is 0.451. The van der Waals surface area contributed by atoms with Gasteiger partial charge in [-0.15, -0.1) is 0 Å². The van der Waals surface area contributed by atoms with Gasteiger partial charge in [0.05, 0.1) is 0 Å². The van der Waals surface area contributed by atoms with Gasteiger partial charge in [-0.05, 0) is 18.6 Å². The first-order chi connectivity index (χ1) is 6.42. The molecule has 5 N–H and O–H groups in total. The number of hydrogen-bond donors (Lipinski definition) is 3. The molecule has 1 rings (SSSR count). The summed E-state index contributed by atoms with van der Waals surface area (Å²) in [4.78, 5) is 0. The van der Waals surface area contributed by atoms with Gasteiger partial charge in [-0.3, -0.25) is 5.73 Å². The summed E-state index contributed by atoms with van der Waals surface area (Å²) in [6.45, 7) is -1.16. The van der Waals surface area contributed by atoms with E-state index < -0.39 is 12.6 Å². The van der Waals surface area contributed by atoms with Crippen molar-refractivity contribution in [1.29, 1.82) is 0 Å². The largest absolute Gasteiger partial charge is 0.399 e. The van der Waals surface area contributed by atoms with Crippen molar-refractivity contribution in [2.45, 2.75) is 19.0 Å². The molecule has 0 radical (unpaired) electrons. The molecule has 0 aromatic heterocycles. The molecular weight excluding hydrogens is 152 g/mol. The molecule has 0 aliphatic carbocycles. The maximum atomic E-state index is 9.76. The van der Waals surface area contributed by atoms with Crippen LogP contribution < -0.4 is 11.5 Å². The van der Waals surface area contributed by atoms with E-state index in [4.69, 9.17) is 14.2 Å². The van der Waals surface area contributed by atoms with Crippen LogP contribution in [0.4, 0.5) is 5.69 Å². The van der Waals surface area contributed by atoms with Crippen molar-refractivity contribution in [2.24, 2.45) is 5.73 Å². The second-order valence-corrected chi connectivity index (χ2v) is 2.75. The van der Waals surface area contributed by atoms with Crippen LogP contribution in [0.15, 0.2) is 24.3 Å². The van der Waals surface area contributed by atoms with Crippen molar-refractivity contribution < 1.29 is 7.85 Å². The number of nitrogens with two attached hydrogens (primary N) is 2. The van der Waals surface area contributed by atoms with E-state index in [0.29, 0.717) is 11.3 Å². The summed E-state index contributed by atoms with van der Waals surface area (Å²) in [6.07, 6.45) is -0.142. The summed E-state index contributed by atoms with van der Waals surface area (Å²) in [5.74, 6) is 0. The molecule has 3 nitrogen and oxygen atoms in total. The lowest BCUT2D eigenvalue weighted by molar-refractivity contribution is 0.0395. The molecule has 1 aromatic carbocycles. The van der Waals surface area contributed by atoms with Crippen LogP contribution >= 0.6 is 0 Å². The van der Waals surface area contributed by atoms with Crippen LogP contribution in [0.2, 0.25) is 0 Å². The van der Waals surface area contributed by atoms with E-state index in [1.165, 1.54) is 0 Å². The van der Waals surface area contributed by atoms with Gasteiger partial charge in [-0.1, -0.05) is 19.0 Å². The predicted octanol–water partition coefficient (Wildman–Crippen LogP) is 0.783. The van der Waals surface area contributed by atoms with Crippen LogP contribution in [0.3, 0.4) is 0 Å². The molecule has 0 amide bonds. The van der Waals surface area contributed by atoms with E-state index in [-0.39, 0.29) is 6.42 Å². The highest BCUT2D eigenvalue weighted by atomic mass is 16.3. The Hall–Kier alpha value is -1.06. The molecule has 0 aliphatic rings. The van der Waals surface area contributed by atoms with Crippen LogP contribution in [0.25, 0.3) is 0 Å². The highest BCUT2D eigenvalue weighted by molar-refractivity contribution is 5.42. The monoisotopic (exact) mass is 168 g/mol. The van der Waals surface area contributed by atoms with Crippen molar-refractivity contribution in [3.63, 3.8) is 0 Å². The normalized spacial score (nSPS) is 18.2. The van der Waals surface area contributed by atoms with Crippen molar-refractivity contribution in [3.8, 4) is 0 Å². The van der Waals surface area contributed by atoms with Gasteiger partial charge in [-0.2, -0.15) is 0 Å². The van der Waals surface area contributed by atoms with E-state index in [9.17, 15) is 5.11 Å². The molecule has 0 heterocycles. The summed E-state index contributed by atoms with van der Waals surface area (Å²) in [7, 11) is 0. The summed E-state index contributed by atoms with van der Waals surface area (Å²) in [5.41, 5.74) is 10.4. The minimum Gasteiger partial charge on any atom is -0.399 e. The Balaban J connectivity index is 2.91. The maximum Gasteiger partial charge on any atom is 0.139 e. The summed E-state index contributed by atoms with van der Waals surface area (Å²) < 4.78 is 14.1. The number of rotatable bonds is 2. The number of aliphatic hydroxyl groups is 1. The Kier molecular flexibility index (Phi) is 1.68. The van der Waals surface area contributed by atoms with Crippen LogP contribution in [0, 0.1) is 0 Å². The molecule has 1 unspecified atom stereocenters. The Morgan fingerprint density at radius 1 is 1.67 bits per heavy atom. The lowest BCUT2D eigenvalue weighted by atomic mass is 10.0. The van der Waals surface area contributed by atoms with Crippen LogP contribution in [-0.4, -0.2) is 5.11 Å². The molecule has 1 aromatic rings. The van der Waals surface area contributed by atoms with E-state index in [2.05, 4.69) is 0 Å². The average molecular weight is 168 g/mol. The molecule has 0 bridgehead atoms. The highest BCUT2D eigenvalue weighted by Gasteiger charge is 2.20. The topological polar surface area (TPSA) is 72.3 Å². The number of hydrogen-bond acceptors (Lipinski definition) is 3. The second kappa shape index (κ2) is 3.13. The molecule has 12 heavy (non-hydrogen) atoms.